The van der Waals surface area contributed by atoms with Crippen molar-refractivity contribution in [2.24, 2.45) is 11.8 Å². The summed E-state index contributed by atoms with van der Waals surface area (Å²) in [6.45, 7) is 16.7. The average molecular weight is 580 g/mol. The molecule has 3 saturated heterocycles. The van der Waals surface area contributed by atoms with Gasteiger partial charge in [-0.25, -0.2) is 0 Å². The van der Waals surface area contributed by atoms with E-state index in [-0.39, 0.29) is 30.4 Å². The van der Waals surface area contributed by atoms with Crippen molar-refractivity contribution >= 4 is 17.7 Å². The van der Waals surface area contributed by atoms with Crippen LogP contribution in [0.4, 0.5) is 0 Å². The van der Waals surface area contributed by atoms with Crippen molar-refractivity contribution in [2.75, 3.05) is 26.2 Å². The van der Waals surface area contributed by atoms with Gasteiger partial charge in [-0.3, -0.25) is 14.4 Å². The molecular weight excluding hydrogens is 530 g/mol. The highest BCUT2D eigenvalue weighted by Crippen LogP contribution is 2.64. The van der Waals surface area contributed by atoms with Crippen molar-refractivity contribution in [3.8, 4) is 0 Å². The van der Waals surface area contributed by atoms with Crippen LogP contribution in [0.15, 0.2) is 55.6 Å². The molecule has 8 heteroatoms. The van der Waals surface area contributed by atoms with Gasteiger partial charge in [-0.05, 0) is 51.5 Å². The molecule has 230 valence electrons. The number of aliphatic hydroxyl groups excluding tert-OH is 1. The molecule has 2 bridgehead atoms. The zero-order chi connectivity index (χ0) is 30.7. The largest absolute Gasteiger partial charge is 0.394 e. The van der Waals surface area contributed by atoms with Gasteiger partial charge in [0.25, 0.3) is 0 Å². The maximum Gasteiger partial charge on any atom is 0.248 e. The SMILES string of the molecule is C=CCN(CCC)C(=O)[C@@H]1[C@H]2C(=O)N([C@@H](CO)Cc3ccccc3)C(C(=O)N(CC=C)C(C)CCC)C23CC[C@@]1(C)O3. The minimum absolute atomic E-state index is 0.0751. The third kappa shape index (κ3) is 5.44. The molecule has 42 heavy (non-hydrogen) atoms. The third-order valence-electron chi connectivity index (χ3n) is 9.63. The Hall–Kier alpha value is -2.97. The molecule has 3 unspecified atom stereocenters. The lowest BCUT2D eigenvalue weighted by Gasteiger charge is -2.41. The first-order valence-corrected chi connectivity index (χ1v) is 15.6. The molecular formula is C34H49N3O5. The summed E-state index contributed by atoms with van der Waals surface area (Å²) >= 11 is 0. The van der Waals surface area contributed by atoms with Gasteiger partial charge < -0.3 is 24.5 Å². The van der Waals surface area contributed by atoms with E-state index in [0.29, 0.717) is 38.9 Å². The van der Waals surface area contributed by atoms with E-state index in [2.05, 4.69) is 20.1 Å². The lowest BCUT2D eigenvalue weighted by atomic mass is 9.66. The fourth-order valence-electron chi connectivity index (χ4n) is 7.82. The van der Waals surface area contributed by atoms with E-state index in [1.54, 1.807) is 26.9 Å². The number of ether oxygens (including phenoxy) is 1. The van der Waals surface area contributed by atoms with Crippen molar-refractivity contribution in [1.82, 2.24) is 14.7 Å². The van der Waals surface area contributed by atoms with Crippen LogP contribution in [0.5, 0.6) is 0 Å². The van der Waals surface area contributed by atoms with E-state index in [4.69, 9.17) is 4.74 Å². The maximum absolute atomic E-state index is 14.7. The summed E-state index contributed by atoms with van der Waals surface area (Å²) in [4.78, 5) is 48.8. The molecule has 7 atom stereocenters. The minimum atomic E-state index is -1.15. The van der Waals surface area contributed by atoms with Crippen LogP contribution in [0.3, 0.4) is 0 Å². The van der Waals surface area contributed by atoms with E-state index < -0.39 is 35.1 Å². The number of carbonyl (C=O) groups excluding carboxylic acids is 3. The third-order valence-corrected chi connectivity index (χ3v) is 9.63. The summed E-state index contributed by atoms with van der Waals surface area (Å²) in [6, 6.07) is 8.01. The van der Waals surface area contributed by atoms with Gasteiger partial charge in [0.05, 0.1) is 30.1 Å². The molecule has 1 N–H and O–H groups in total. The first kappa shape index (κ1) is 32.0. The van der Waals surface area contributed by atoms with Crippen LogP contribution in [0.25, 0.3) is 0 Å². The van der Waals surface area contributed by atoms with Gasteiger partial charge in [-0.2, -0.15) is 0 Å². The summed E-state index contributed by atoms with van der Waals surface area (Å²) in [5.41, 5.74) is -1.05. The topological polar surface area (TPSA) is 90.4 Å². The number of hydrogen-bond donors (Lipinski definition) is 1. The van der Waals surface area contributed by atoms with Gasteiger partial charge in [-0.1, -0.05) is 62.8 Å². The zero-order valence-electron chi connectivity index (χ0n) is 25.8. The van der Waals surface area contributed by atoms with Gasteiger partial charge in [0.15, 0.2) is 0 Å². The molecule has 0 radical (unpaired) electrons. The van der Waals surface area contributed by atoms with Crippen molar-refractivity contribution in [2.45, 2.75) is 95.5 Å². The second-order valence-electron chi connectivity index (χ2n) is 12.5. The van der Waals surface area contributed by atoms with Crippen molar-refractivity contribution in [3.63, 3.8) is 0 Å². The predicted molar refractivity (Wildman–Crippen MR) is 163 cm³/mol. The summed E-state index contributed by atoms with van der Waals surface area (Å²) in [7, 11) is 0. The number of carbonyl (C=O) groups is 3. The second-order valence-corrected chi connectivity index (χ2v) is 12.5. The van der Waals surface area contributed by atoms with Crippen LogP contribution in [-0.2, 0) is 25.5 Å². The Labute approximate surface area is 251 Å². The number of benzene rings is 1. The fraction of sp³-hybridized carbons (Fsp3) is 0.618. The smallest absolute Gasteiger partial charge is 0.248 e. The van der Waals surface area contributed by atoms with Gasteiger partial charge in [-0.15, -0.1) is 13.2 Å². The summed E-state index contributed by atoms with van der Waals surface area (Å²) in [5, 5.41) is 10.7. The summed E-state index contributed by atoms with van der Waals surface area (Å²) < 4.78 is 6.87. The molecule has 1 aromatic rings. The first-order valence-electron chi connectivity index (χ1n) is 15.6. The number of rotatable bonds is 15. The standard InChI is InChI=1S/C34H49N3O5/c1-7-14-24(5)36(21-10-4)32(41)29-34-18-17-33(6,42-34)27(30(39)35(19-8-2)20-9-3)28(34)31(40)37(29)26(23-38)22-25-15-12-11-13-16-25/h8,10-13,15-16,24,26-29,38H,2,4,7,9,14,17-23H2,1,3,5-6H3/t24?,26-,27+,28+,29?,33-,34?/m1/s1. The van der Waals surface area contributed by atoms with E-state index in [1.165, 1.54) is 0 Å². The number of likely N-dealkylation sites (tertiary alicyclic amines) is 1. The molecule has 3 aliphatic heterocycles. The normalized spacial score (nSPS) is 29.2. The Kier molecular flexibility index (Phi) is 9.99. The molecule has 3 aliphatic rings. The lowest BCUT2D eigenvalue weighted by molar-refractivity contribution is -0.157. The number of amides is 3. The van der Waals surface area contributed by atoms with Crippen molar-refractivity contribution in [1.29, 1.82) is 0 Å². The molecule has 3 fully saturated rings. The Morgan fingerprint density at radius 1 is 1.12 bits per heavy atom. The highest BCUT2D eigenvalue weighted by molar-refractivity contribution is 5.99. The Bertz CT molecular complexity index is 1160. The lowest BCUT2D eigenvalue weighted by Crippen LogP contribution is -2.60. The highest BCUT2D eigenvalue weighted by atomic mass is 16.5. The van der Waals surface area contributed by atoms with E-state index in [0.717, 1.165) is 24.8 Å². The monoisotopic (exact) mass is 579 g/mol. The molecule has 0 saturated carbocycles. The van der Waals surface area contributed by atoms with Gasteiger partial charge in [0.2, 0.25) is 17.7 Å². The number of aliphatic hydroxyl groups is 1. The van der Waals surface area contributed by atoms with Crippen LogP contribution in [0.2, 0.25) is 0 Å². The molecule has 1 aromatic carbocycles. The summed E-state index contributed by atoms with van der Waals surface area (Å²) in [6.07, 6.45) is 7.36. The number of fused-ring (bicyclic) bond motifs is 1. The van der Waals surface area contributed by atoms with E-state index in [1.807, 2.05) is 51.1 Å². The molecule has 8 nitrogen and oxygen atoms in total. The molecule has 4 rings (SSSR count). The zero-order valence-corrected chi connectivity index (χ0v) is 25.8. The molecule has 0 aromatic heterocycles. The van der Waals surface area contributed by atoms with E-state index in [9.17, 15) is 19.5 Å². The van der Waals surface area contributed by atoms with Crippen LogP contribution in [-0.4, -0.2) is 93.1 Å². The van der Waals surface area contributed by atoms with E-state index >= 15 is 0 Å². The maximum atomic E-state index is 14.7. The molecule has 1 spiro atoms. The minimum Gasteiger partial charge on any atom is -0.394 e. The van der Waals surface area contributed by atoms with Crippen molar-refractivity contribution < 1.29 is 24.2 Å². The quantitative estimate of drug-likeness (QED) is 0.318. The van der Waals surface area contributed by atoms with Crippen molar-refractivity contribution in [3.05, 3.63) is 61.2 Å². The van der Waals surface area contributed by atoms with Gasteiger partial charge in [0.1, 0.15) is 11.6 Å². The predicted octanol–water partition coefficient (Wildman–Crippen LogP) is 3.98. The Balaban J connectivity index is 1.83. The Morgan fingerprint density at radius 2 is 1.81 bits per heavy atom. The van der Waals surface area contributed by atoms with Crippen LogP contribution < -0.4 is 0 Å². The summed E-state index contributed by atoms with van der Waals surface area (Å²) in [5.74, 6) is -2.13. The Morgan fingerprint density at radius 3 is 2.40 bits per heavy atom. The molecule has 3 heterocycles. The second kappa shape index (κ2) is 13.1. The highest BCUT2D eigenvalue weighted by Gasteiger charge is 2.78. The van der Waals surface area contributed by atoms with Gasteiger partial charge in [0, 0.05) is 25.7 Å². The van der Waals surface area contributed by atoms with Crippen LogP contribution >= 0.6 is 0 Å². The fourth-order valence-corrected chi connectivity index (χ4v) is 7.82. The van der Waals surface area contributed by atoms with Gasteiger partial charge >= 0.3 is 0 Å². The molecule has 0 aliphatic carbocycles. The first-order chi connectivity index (χ1) is 20.1. The van der Waals surface area contributed by atoms with Crippen LogP contribution in [0.1, 0.15) is 65.4 Å². The average Bonchev–Trinajstić information content (AvgIpc) is 3.55. The number of nitrogens with zero attached hydrogens (tertiary/aromatic N) is 3. The van der Waals surface area contributed by atoms with Crippen LogP contribution in [0, 0.1) is 11.8 Å². The number of hydrogen-bond acceptors (Lipinski definition) is 5. The molecule has 3 amide bonds.